The minimum Gasteiger partial charge on any atom is -0.316 e. The van der Waals surface area contributed by atoms with Crippen molar-refractivity contribution in [1.82, 2.24) is 10.2 Å². The fraction of sp³-hybridized carbons (Fsp3) is 1.00. The lowest BCUT2D eigenvalue weighted by atomic mass is 9.81. The summed E-state index contributed by atoms with van der Waals surface area (Å²) in [5.41, 5.74) is 0. The first-order chi connectivity index (χ1) is 9.36. The van der Waals surface area contributed by atoms with E-state index in [-0.39, 0.29) is 0 Å². The summed E-state index contributed by atoms with van der Waals surface area (Å²) in [5.74, 6) is 3.12. The van der Waals surface area contributed by atoms with Crippen LogP contribution in [0, 0.1) is 17.8 Å². The van der Waals surface area contributed by atoms with E-state index in [0.717, 1.165) is 23.8 Å². The van der Waals surface area contributed by atoms with Crippen LogP contribution < -0.4 is 5.32 Å². The summed E-state index contributed by atoms with van der Waals surface area (Å²) in [6, 6.07) is 0.909. The Balaban J connectivity index is 1.51. The first kappa shape index (κ1) is 13.9. The zero-order chi connectivity index (χ0) is 13.1. The Kier molecular flexibility index (Phi) is 4.81. The van der Waals surface area contributed by atoms with Crippen molar-refractivity contribution in [2.45, 2.75) is 64.3 Å². The van der Waals surface area contributed by atoms with Gasteiger partial charge in [-0.05, 0) is 75.9 Å². The second kappa shape index (κ2) is 6.58. The van der Waals surface area contributed by atoms with Gasteiger partial charge < -0.3 is 10.2 Å². The van der Waals surface area contributed by atoms with Gasteiger partial charge in [0, 0.05) is 12.6 Å². The van der Waals surface area contributed by atoms with Gasteiger partial charge in [0.25, 0.3) is 0 Å². The normalized spacial score (nSPS) is 36.6. The number of nitrogens with zero attached hydrogens (tertiary/aromatic N) is 1. The van der Waals surface area contributed by atoms with Crippen molar-refractivity contribution in [3.8, 4) is 0 Å². The maximum Gasteiger partial charge on any atom is 0.00980 e. The standard InChI is InChI=1S/C17H32N2/c1-2-19(13-14-5-4-10-18-12-14)17-7-3-6-16(11-17)15-8-9-15/h14-18H,2-13H2,1H3. The molecule has 0 bridgehead atoms. The third-order valence-electron chi connectivity index (χ3n) is 5.79. The Bertz CT molecular complexity index is 268. The molecule has 0 spiro atoms. The lowest BCUT2D eigenvalue weighted by Gasteiger charge is -2.39. The van der Waals surface area contributed by atoms with E-state index in [1.807, 2.05) is 0 Å². The highest BCUT2D eigenvalue weighted by Crippen LogP contribution is 2.44. The molecule has 1 N–H and O–H groups in total. The number of nitrogens with one attached hydrogen (secondary N) is 1. The molecule has 0 amide bonds. The molecule has 0 aromatic heterocycles. The molecule has 0 aromatic rings. The molecule has 110 valence electrons. The molecule has 3 atom stereocenters. The second-order valence-corrected chi connectivity index (χ2v) is 7.22. The van der Waals surface area contributed by atoms with Crippen LogP contribution >= 0.6 is 0 Å². The number of piperidine rings is 1. The van der Waals surface area contributed by atoms with Gasteiger partial charge in [0.2, 0.25) is 0 Å². The van der Waals surface area contributed by atoms with Gasteiger partial charge in [-0.2, -0.15) is 0 Å². The zero-order valence-electron chi connectivity index (χ0n) is 12.7. The van der Waals surface area contributed by atoms with Crippen LogP contribution in [0.25, 0.3) is 0 Å². The average molecular weight is 264 g/mol. The Labute approximate surface area is 119 Å². The molecule has 2 saturated carbocycles. The largest absolute Gasteiger partial charge is 0.316 e. The predicted molar refractivity (Wildman–Crippen MR) is 81.3 cm³/mol. The Hall–Kier alpha value is -0.0800. The zero-order valence-corrected chi connectivity index (χ0v) is 12.7. The second-order valence-electron chi connectivity index (χ2n) is 7.22. The Morgan fingerprint density at radius 3 is 2.58 bits per heavy atom. The van der Waals surface area contributed by atoms with Crippen molar-refractivity contribution in [1.29, 1.82) is 0 Å². The molecule has 1 aliphatic heterocycles. The molecule has 3 aliphatic rings. The summed E-state index contributed by atoms with van der Waals surface area (Å²) in [4.78, 5) is 2.83. The molecule has 3 rings (SSSR count). The Morgan fingerprint density at radius 2 is 1.89 bits per heavy atom. The quantitative estimate of drug-likeness (QED) is 0.820. The van der Waals surface area contributed by atoms with Crippen molar-refractivity contribution in [2.75, 3.05) is 26.2 Å². The van der Waals surface area contributed by atoms with Gasteiger partial charge in [0.15, 0.2) is 0 Å². The molecule has 1 saturated heterocycles. The van der Waals surface area contributed by atoms with E-state index in [0.29, 0.717) is 0 Å². The summed E-state index contributed by atoms with van der Waals surface area (Å²) in [5, 5.41) is 3.58. The topological polar surface area (TPSA) is 15.3 Å². The van der Waals surface area contributed by atoms with Gasteiger partial charge in [0.1, 0.15) is 0 Å². The molecule has 0 radical (unpaired) electrons. The summed E-state index contributed by atoms with van der Waals surface area (Å²) in [6.45, 7) is 7.49. The maximum atomic E-state index is 3.58. The smallest absolute Gasteiger partial charge is 0.00980 e. The highest BCUT2D eigenvalue weighted by Gasteiger charge is 2.36. The van der Waals surface area contributed by atoms with E-state index in [9.17, 15) is 0 Å². The van der Waals surface area contributed by atoms with Crippen LogP contribution in [0.1, 0.15) is 58.3 Å². The first-order valence-corrected chi connectivity index (χ1v) is 8.81. The van der Waals surface area contributed by atoms with Gasteiger partial charge in [-0.3, -0.25) is 0 Å². The van der Waals surface area contributed by atoms with Gasteiger partial charge in [-0.1, -0.05) is 19.8 Å². The lowest BCUT2D eigenvalue weighted by Crippen LogP contribution is -2.44. The molecule has 3 fully saturated rings. The molecule has 2 aliphatic carbocycles. The van der Waals surface area contributed by atoms with E-state index in [1.54, 1.807) is 0 Å². The fourth-order valence-corrected chi connectivity index (χ4v) is 4.48. The van der Waals surface area contributed by atoms with Gasteiger partial charge in [-0.15, -0.1) is 0 Å². The SMILES string of the molecule is CCN(CC1CCCNC1)C1CCCC(C2CC2)C1. The molecule has 19 heavy (non-hydrogen) atoms. The molecule has 0 aromatic carbocycles. The average Bonchev–Trinajstić information content (AvgIpc) is 3.31. The minimum atomic E-state index is 0.909. The monoisotopic (exact) mass is 264 g/mol. The van der Waals surface area contributed by atoms with E-state index >= 15 is 0 Å². The van der Waals surface area contributed by atoms with Crippen molar-refractivity contribution in [2.24, 2.45) is 17.8 Å². The molecule has 2 heteroatoms. The van der Waals surface area contributed by atoms with Gasteiger partial charge in [0.05, 0.1) is 0 Å². The molecular formula is C17H32N2. The van der Waals surface area contributed by atoms with Gasteiger partial charge in [-0.25, -0.2) is 0 Å². The Morgan fingerprint density at radius 1 is 1.00 bits per heavy atom. The maximum absolute atomic E-state index is 3.58. The van der Waals surface area contributed by atoms with Crippen LogP contribution in [0.2, 0.25) is 0 Å². The van der Waals surface area contributed by atoms with Crippen LogP contribution in [0.4, 0.5) is 0 Å². The predicted octanol–water partition coefficient (Wildman–Crippen LogP) is 3.28. The fourth-order valence-electron chi connectivity index (χ4n) is 4.48. The third kappa shape index (κ3) is 3.72. The van der Waals surface area contributed by atoms with E-state index < -0.39 is 0 Å². The highest BCUT2D eigenvalue weighted by molar-refractivity contribution is 4.89. The van der Waals surface area contributed by atoms with Crippen LogP contribution in [0.15, 0.2) is 0 Å². The van der Waals surface area contributed by atoms with Crippen LogP contribution in [-0.4, -0.2) is 37.1 Å². The van der Waals surface area contributed by atoms with Crippen LogP contribution in [0.5, 0.6) is 0 Å². The van der Waals surface area contributed by atoms with E-state index in [4.69, 9.17) is 0 Å². The van der Waals surface area contributed by atoms with E-state index in [2.05, 4.69) is 17.1 Å². The lowest BCUT2D eigenvalue weighted by molar-refractivity contribution is 0.105. The van der Waals surface area contributed by atoms with Crippen molar-refractivity contribution in [3.05, 3.63) is 0 Å². The van der Waals surface area contributed by atoms with Gasteiger partial charge >= 0.3 is 0 Å². The summed E-state index contributed by atoms with van der Waals surface area (Å²) >= 11 is 0. The molecule has 2 nitrogen and oxygen atoms in total. The van der Waals surface area contributed by atoms with Crippen molar-refractivity contribution in [3.63, 3.8) is 0 Å². The number of hydrogen-bond acceptors (Lipinski definition) is 2. The highest BCUT2D eigenvalue weighted by atomic mass is 15.2. The molecule has 1 heterocycles. The number of hydrogen-bond donors (Lipinski definition) is 1. The summed E-state index contributed by atoms with van der Waals surface area (Å²) < 4.78 is 0. The third-order valence-corrected chi connectivity index (χ3v) is 5.79. The number of rotatable bonds is 5. The van der Waals surface area contributed by atoms with Crippen molar-refractivity contribution >= 4 is 0 Å². The summed E-state index contributed by atoms with van der Waals surface area (Å²) in [6.07, 6.45) is 11.9. The minimum absolute atomic E-state index is 0.909. The summed E-state index contributed by atoms with van der Waals surface area (Å²) in [7, 11) is 0. The van der Waals surface area contributed by atoms with E-state index in [1.165, 1.54) is 77.5 Å². The molecule has 3 unspecified atom stereocenters. The first-order valence-electron chi connectivity index (χ1n) is 8.81. The van der Waals surface area contributed by atoms with Crippen LogP contribution in [-0.2, 0) is 0 Å². The molecular weight excluding hydrogens is 232 g/mol. The van der Waals surface area contributed by atoms with Crippen molar-refractivity contribution < 1.29 is 0 Å². The van der Waals surface area contributed by atoms with Crippen LogP contribution in [0.3, 0.4) is 0 Å².